The third-order valence-corrected chi connectivity index (χ3v) is 3.81. The van der Waals surface area contributed by atoms with Gasteiger partial charge in [-0.25, -0.2) is 9.37 Å². The summed E-state index contributed by atoms with van der Waals surface area (Å²) in [5.74, 6) is 1.36. The van der Waals surface area contributed by atoms with Gasteiger partial charge in [-0.15, -0.1) is 0 Å². The molecule has 2 N–H and O–H groups in total. The fourth-order valence-corrected chi connectivity index (χ4v) is 2.50. The maximum atomic E-state index is 13.8. The number of para-hydroxylation sites is 1. The number of nitrogens with one attached hydrogen (secondary N) is 2. The van der Waals surface area contributed by atoms with Gasteiger partial charge in [0, 0.05) is 18.3 Å². The topological polar surface area (TPSA) is 68.3 Å². The maximum Gasteiger partial charge on any atom is 0.229 e. The van der Waals surface area contributed by atoms with Crippen LogP contribution < -0.4 is 20.1 Å². The summed E-state index contributed by atoms with van der Waals surface area (Å²) in [5.41, 5.74) is 0.902. The minimum atomic E-state index is -0.371. The monoisotopic (exact) mass is 374 g/mol. The Balaban J connectivity index is 1.86. The Labute approximate surface area is 155 Å². The Morgan fingerprint density at radius 2 is 1.73 bits per heavy atom. The lowest BCUT2D eigenvalue weighted by Gasteiger charge is -2.13. The standard InChI is InChI=1S/C18H16ClFN4O2/c1-25-15-10-14(16(26-2)9-11(15)19)23-18-21-8-7-17(24-18)22-13-6-4-3-5-12(13)20/h3-10H,1-2H3,(H2,21,22,23,24). The van der Waals surface area contributed by atoms with Crippen molar-refractivity contribution in [2.24, 2.45) is 0 Å². The Bertz CT molecular complexity index is 923. The second-order valence-electron chi connectivity index (χ2n) is 5.18. The number of halogens is 2. The van der Waals surface area contributed by atoms with Crippen LogP contribution in [0, 0.1) is 5.82 Å². The summed E-state index contributed by atoms with van der Waals surface area (Å²) in [4.78, 5) is 8.50. The van der Waals surface area contributed by atoms with Crippen LogP contribution in [0.15, 0.2) is 48.7 Å². The molecule has 3 rings (SSSR count). The lowest BCUT2D eigenvalue weighted by molar-refractivity contribution is 0.405. The van der Waals surface area contributed by atoms with E-state index in [0.717, 1.165) is 0 Å². The van der Waals surface area contributed by atoms with Crippen molar-refractivity contribution in [1.29, 1.82) is 0 Å². The van der Waals surface area contributed by atoms with Crippen LogP contribution in [-0.4, -0.2) is 24.2 Å². The van der Waals surface area contributed by atoms with E-state index in [-0.39, 0.29) is 5.82 Å². The summed E-state index contributed by atoms with van der Waals surface area (Å²) in [6, 6.07) is 11.3. The summed E-state index contributed by atoms with van der Waals surface area (Å²) in [6.07, 6.45) is 1.55. The van der Waals surface area contributed by atoms with E-state index in [2.05, 4.69) is 20.6 Å². The van der Waals surface area contributed by atoms with E-state index >= 15 is 0 Å². The van der Waals surface area contributed by atoms with Crippen molar-refractivity contribution >= 4 is 34.7 Å². The first kappa shape index (κ1) is 17.8. The number of methoxy groups -OCH3 is 2. The van der Waals surface area contributed by atoms with Gasteiger partial charge in [0.15, 0.2) is 0 Å². The molecule has 0 spiro atoms. The summed E-state index contributed by atoms with van der Waals surface area (Å²) >= 11 is 6.10. The normalized spacial score (nSPS) is 10.3. The molecule has 2 aromatic carbocycles. The number of ether oxygens (including phenoxy) is 2. The highest BCUT2D eigenvalue weighted by Crippen LogP contribution is 2.36. The van der Waals surface area contributed by atoms with Crippen molar-refractivity contribution < 1.29 is 13.9 Å². The van der Waals surface area contributed by atoms with Crippen LogP contribution in [0.4, 0.5) is 27.5 Å². The van der Waals surface area contributed by atoms with Gasteiger partial charge in [-0.3, -0.25) is 0 Å². The molecule has 1 aromatic heterocycles. The van der Waals surface area contributed by atoms with Crippen LogP contribution >= 0.6 is 11.6 Å². The predicted molar refractivity (Wildman–Crippen MR) is 99.6 cm³/mol. The number of hydrogen-bond acceptors (Lipinski definition) is 6. The maximum absolute atomic E-state index is 13.8. The van der Waals surface area contributed by atoms with Gasteiger partial charge in [0.05, 0.1) is 30.6 Å². The van der Waals surface area contributed by atoms with Crippen LogP contribution in [0.5, 0.6) is 11.5 Å². The molecule has 0 aliphatic carbocycles. The lowest BCUT2D eigenvalue weighted by atomic mass is 10.2. The van der Waals surface area contributed by atoms with Crippen molar-refractivity contribution in [3.8, 4) is 11.5 Å². The highest BCUT2D eigenvalue weighted by Gasteiger charge is 2.12. The van der Waals surface area contributed by atoms with Gasteiger partial charge in [-0.05, 0) is 18.2 Å². The highest BCUT2D eigenvalue weighted by molar-refractivity contribution is 6.32. The quantitative estimate of drug-likeness (QED) is 0.647. The highest BCUT2D eigenvalue weighted by atomic mass is 35.5. The lowest BCUT2D eigenvalue weighted by Crippen LogP contribution is -2.02. The van der Waals surface area contributed by atoms with Gasteiger partial charge in [0.25, 0.3) is 0 Å². The van der Waals surface area contributed by atoms with E-state index < -0.39 is 0 Å². The molecule has 0 unspecified atom stereocenters. The third kappa shape index (κ3) is 3.94. The molecule has 134 valence electrons. The molecule has 0 saturated carbocycles. The van der Waals surface area contributed by atoms with Crippen LogP contribution in [-0.2, 0) is 0 Å². The Morgan fingerprint density at radius 3 is 2.46 bits per heavy atom. The van der Waals surface area contributed by atoms with Gasteiger partial charge in [0.1, 0.15) is 23.1 Å². The molecule has 8 heteroatoms. The number of rotatable bonds is 6. The fraction of sp³-hybridized carbons (Fsp3) is 0.111. The SMILES string of the molecule is COc1cc(Nc2nccc(Nc3ccccc3F)n2)c(OC)cc1Cl. The van der Waals surface area contributed by atoms with Crippen LogP contribution in [0.25, 0.3) is 0 Å². The first-order chi connectivity index (χ1) is 12.6. The first-order valence-electron chi connectivity index (χ1n) is 7.64. The van der Waals surface area contributed by atoms with Crippen molar-refractivity contribution in [3.05, 3.63) is 59.5 Å². The van der Waals surface area contributed by atoms with Crippen LogP contribution in [0.3, 0.4) is 0 Å². The molecule has 0 aliphatic heterocycles. The molecular formula is C18H16ClFN4O2. The largest absolute Gasteiger partial charge is 0.495 e. The molecule has 0 saturated heterocycles. The van der Waals surface area contributed by atoms with Gasteiger partial charge >= 0.3 is 0 Å². The molecule has 0 fully saturated rings. The van der Waals surface area contributed by atoms with E-state index in [0.29, 0.717) is 39.7 Å². The van der Waals surface area contributed by atoms with Gasteiger partial charge < -0.3 is 20.1 Å². The molecule has 0 aliphatic rings. The Morgan fingerprint density at radius 1 is 0.962 bits per heavy atom. The average molecular weight is 375 g/mol. The Hall–Kier alpha value is -3.06. The fourth-order valence-electron chi connectivity index (χ4n) is 2.27. The molecule has 0 bridgehead atoms. The zero-order valence-electron chi connectivity index (χ0n) is 14.1. The van der Waals surface area contributed by atoms with E-state index in [1.807, 2.05) is 0 Å². The van der Waals surface area contributed by atoms with Crippen molar-refractivity contribution in [2.75, 3.05) is 24.9 Å². The molecule has 6 nitrogen and oxygen atoms in total. The summed E-state index contributed by atoms with van der Waals surface area (Å²) in [5, 5.41) is 6.38. The third-order valence-electron chi connectivity index (χ3n) is 3.51. The number of aromatic nitrogens is 2. The second kappa shape index (κ2) is 7.88. The molecular weight excluding hydrogens is 359 g/mol. The van der Waals surface area contributed by atoms with Crippen molar-refractivity contribution in [3.63, 3.8) is 0 Å². The predicted octanol–water partition coefficient (Wildman–Crippen LogP) is 4.77. The number of anilines is 4. The zero-order chi connectivity index (χ0) is 18.5. The molecule has 0 amide bonds. The van der Waals surface area contributed by atoms with E-state index in [4.69, 9.17) is 21.1 Å². The minimum Gasteiger partial charge on any atom is -0.495 e. The van der Waals surface area contributed by atoms with Crippen LogP contribution in [0.1, 0.15) is 0 Å². The van der Waals surface area contributed by atoms with Crippen molar-refractivity contribution in [1.82, 2.24) is 9.97 Å². The smallest absolute Gasteiger partial charge is 0.229 e. The second-order valence-corrected chi connectivity index (χ2v) is 5.59. The molecule has 1 heterocycles. The Kier molecular flexibility index (Phi) is 5.38. The molecule has 0 atom stereocenters. The number of hydrogen-bond donors (Lipinski definition) is 2. The van der Waals surface area contributed by atoms with E-state index in [1.54, 1.807) is 42.6 Å². The van der Waals surface area contributed by atoms with Gasteiger partial charge in [0.2, 0.25) is 5.95 Å². The van der Waals surface area contributed by atoms with Gasteiger partial charge in [-0.1, -0.05) is 23.7 Å². The van der Waals surface area contributed by atoms with Crippen LogP contribution in [0.2, 0.25) is 5.02 Å². The summed E-state index contributed by atoms with van der Waals surface area (Å²) < 4.78 is 24.3. The minimum absolute atomic E-state index is 0.300. The first-order valence-corrected chi connectivity index (χ1v) is 8.01. The number of nitrogens with zero attached hydrogens (tertiary/aromatic N) is 2. The summed E-state index contributed by atoms with van der Waals surface area (Å²) in [7, 11) is 3.05. The van der Waals surface area contributed by atoms with E-state index in [1.165, 1.54) is 20.3 Å². The molecule has 0 radical (unpaired) electrons. The van der Waals surface area contributed by atoms with Gasteiger partial charge in [-0.2, -0.15) is 4.98 Å². The average Bonchev–Trinajstić information content (AvgIpc) is 2.65. The van der Waals surface area contributed by atoms with E-state index in [9.17, 15) is 4.39 Å². The van der Waals surface area contributed by atoms with Crippen molar-refractivity contribution in [2.45, 2.75) is 0 Å². The summed E-state index contributed by atoms with van der Waals surface area (Å²) in [6.45, 7) is 0. The number of benzene rings is 2. The molecule has 26 heavy (non-hydrogen) atoms. The molecule has 3 aromatic rings. The zero-order valence-corrected chi connectivity index (χ0v) is 14.8.